The van der Waals surface area contributed by atoms with Gasteiger partial charge >= 0.3 is 6.61 Å². The Hall–Kier alpha value is -1.74. The van der Waals surface area contributed by atoms with Crippen LogP contribution < -0.4 is 10.1 Å². The monoisotopic (exact) mass is 331 g/mol. The van der Waals surface area contributed by atoms with Crippen LogP contribution in [0.5, 0.6) is 5.75 Å². The molecular formula is C12H11F2N3O2S2. The molecule has 0 unspecified atom stereocenters. The molecule has 5 nitrogen and oxygen atoms in total. The van der Waals surface area contributed by atoms with Crippen molar-refractivity contribution in [1.29, 1.82) is 0 Å². The maximum Gasteiger partial charge on any atom is 0.387 e. The van der Waals surface area contributed by atoms with E-state index in [-0.39, 0.29) is 11.3 Å². The van der Waals surface area contributed by atoms with Gasteiger partial charge in [0.25, 0.3) is 5.91 Å². The van der Waals surface area contributed by atoms with E-state index in [2.05, 4.69) is 20.3 Å². The summed E-state index contributed by atoms with van der Waals surface area (Å²) in [6.07, 6.45) is 0. The Bertz CT molecular complexity index is 622. The SMILES string of the molecule is CCSc1nnc(NC(=O)c2ccccc2OC(F)F)s1. The molecule has 0 radical (unpaired) electrons. The number of para-hydroxylation sites is 1. The number of nitrogens with one attached hydrogen (secondary N) is 1. The van der Waals surface area contributed by atoms with Crippen molar-refractivity contribution in [2.75, 3.05) is 11.1 Å². The number of benzene rings is 1. The maximum absolute atomic E-state index is 12.3. The number of aromatic nitrogens is 2. The van der Waals surface area contributed by atoms with E-state index in [9.17, 15) is 13.6 Å². The first kappa shape index (κ1) is 15.6. The second-order valence-electron chi connectivity index (χ2n) is 3.63. The maximum atomic E-state index is 12.3. The number of carbonyl (C=O) groups excluding carboxylic acids is 1. The number of hydrogen-bond acceptors (Lipinski definition) is 6. The fraction of sp³-hybridized carbons (Fsp3) is 0.250. The number of hydrogen-bond donors (Lipinski definition) is 1. The molecule has 2 rings (SSSR count). The van der Waals surface area contributed by atoms with Gasteiger partial charge in [0, 0.05) is 0 Å². The van der Waals surface area contributed by atoms with Crippen LogP contribution in [0.3, 0.4) is 0 Å². The molecule has 112 valence electrons. The molecule has 0 bridgehead atoms. The van der Waals surface area contributed by atoms with Crippen LogP contribution in [0.25, 0.3) is 0 Å². The lowest BCUT2D eigenvalue weighted by molar-refractivity contribution is -0.0501. The minimum absolute atomic E-state index is 0.0118. The van der Waals surface area contributed by atoms with Gasteiger partial charge in [-0.05, 0) is 17.9 Å². The molecule has 0 saturated heterocycles. The first-order valence-electron chi connectivity index (χ1n) is 5.91. The van der Waals surface area contributed by atoms with Gasteiger partial charge in [-0.2, -0.15) is 8.78 Å². The van der Waals surface area contributed by atoms with Crippen LogP contribution in [0.4, 0.5) is 13.9 Å². The van der Waals surface area contributed by atoms with Crippen LogP contribution in [0.2, 0.25) is 0 Å². The molecule has 21 heavy (non-hydrogen) atoms. The molecule has 1 heterocycles. The van der Waals surface area contributed by atoms with Crippen molar-refractivity contribution in [2.24, 2.45) is 0 Å². The molecule has 2 aromatic rings. The third-order valence-corrected chi connectivity index (χ3v) is 4.10. The highest BCUT2D eigenvalue weighted by Gasteiger charge is 2.16. The van der Waals surface area contributed by atoms with Gasteiger partial charge in [-0.25, -0.2) is 0 Å². The number of amides is 1. The molecule has 9 heteroatoms. The number of carbonyl (C=O) groups is 1. The van der Waals surface area contributed by atoms with Gasteiger partial charge < -0.3 is 4.74 Å². The summed E-state index contributed by atoms with van der Waals surface area (Å²) in [7, 11) is 0. The lowest BCUT2D eigenvalue weighted by atomic mass is 10.2. The average molecular weight is 331 g/mol. The Kier molecular flexibility index (Phi) is 5.45. The van der Waals surface area contributed by atoms with E-state index in [1.165, 1.54) is 41.3 Å². The molecule has 1 aromatic heterocycles. The first-order chi connectivity index (χ1) is 10.1. The molecule has 1 aromatic carbocycles. The van der Waals surface area contributed by atoms with E-state index in [4.69, 9.17) is 0 Å². The minimum atomic E-state index is -2.99. The van der Waals surface area contributed by atoms with Crippen molar-refractivity contribution in [1.82, 2.24) is 10.2 Å². The molecule has 0 fully saturated rings. The highest BCUT2D eigenvalue weighted by molar-refractivity contribution is 8.01. The number of anilines is 1. The van der Waals surface area contributed by atoms with E-state index >= 15 is 0 Å². The van der Waals surface area contributed by atoms with Crippen molar-refractivity contribution in [3.8, 4) is 5.75 Å². The summed E-state index contributed by atoms with van der Waals surface area (Å²) in [5, 5.41) is 10.5. The largest absolute Gasteiger partial charge is 0.434 e. The summed E-state index contributed by atoms with van der Waals surface area (Å²) >= 11 is 2.72. The van der Waals surface area contributed by atoms with Crippen LogP contribution in [0.1, 0.15) is 17.3 Å². The number of thioether (sulfide) groups is 1. The van der Waals surface area contributed by atoms with E-state index in [0.717, 1.165) is 10.1 Å². The van der Waals surface area contributed by atoms with Crippen molar-refractivity contribution in [2.45, 2.75) is 17.9 Å². The Labute approximate surface area is 127 Å². The fourth-order valence-electron chi connectivity index (χ4n) is 1.46. The Morgan fingerprint density at radius 2 is 2.19 bits per heavy atom. The molecule has 0 saturated carbocycles. The van der Waals surface area contributed by atoms with E-state index in [0.29, 0.717) is 5.13 Å². The number of rotatable bonds is 6. The molecule has 1 N–H and O–H groups in total. The first-order valence-corrected chi connectivity index (χ1v) is 7.72. The second kappa shape index (κ2) is 7.32. The zero-order chi connectivity index (χ0) is 15.2. The van der Waals surface area contributed by atoms with E-state index < -0.39 is 12.5 Å². The molecule has 0 aliphatic heterocycles. The average Bonchev–Trinajstić information content (AvgIpc) is 2.86. The van der Waals surface area contributed by atoms with Crippen LogP contribution in [0, 0.1) is 0 Å². The zero-order valence-corrected chi connectivity index (χ0v) is 12.5. The van der Waals surface area contributed by atoms with Crippen molar-refractivity contribution >= 4 is 34.1 Å². The van der Waals surface area contributed by atoms with Gasteiger partial charge in [-0.15, -0.1) is 10.2 Å². The van der Waals surface area contributed by atoms with Crippen molar-refractivity contribution in [3.63, 3.8) is 0 Å². The van der Waals surface area contributed by atoms with Crippen LogP contribution in [-0.4, -0.2) is 28.5 Å². The topological polar surface area (TPSA) is 64.1 Å². The quantitative estimate of drug-likeness (QED) is 0.648. The second-order valence-corrected chi connectivity index (χ2v) is 6.12. The summed E-state index contributed by atoms with van der Waals surface area (Å²) in [6.45, 7) is -1.02. The van der Waals surface area contributed by atoms with Gasteiger partial charge in [0.15, 0.2) is 4.34 Å². The molecule has 0 spiro atoms. The van der Waals surface area contributed by atoms with E-state index in [1.807, 2.05) is 6.92 Å². The molecule has 0 aliphatic rings. The van der Waals surface area contributed by atoms with Gasteiger partial charge in [-0.3, -0.25) is 10.1 Å². The summed E-state index contributed by atoms with van der Waals surface area (Å²) in [4.78, 5) is 12.1. The van der Waals surface area contributed by atoms with Crippen molar-refractivity contribution in [3.05, 3.63) is 29.8 Å². The predicted molar refractivity (Wildman–Crippen MR) is 77.3 cm³/mol. The highest BCUT2D eigenvalue weighted by Crippen LogP contribution is 2.26. The van der Waals surface area contributed by atoms with Crippen LogP contribution in [0.15, 0.2) is 28.6 Å². The third kappa shape index (κ3) is 4.36. The lowest BCUT2D eigenvalue weighted by Gasteiger charge is -2.09. The Balaban J connectivity index is 2.12. The number of nitrogens with zero attached hydrogens (tertiary/aromatic N) is 2. The number of halogens is 2. The molecule has 0 atom stereocenters. The van der Waals surface area contributed by atoms with Crippen LogP contribution >= 0.6 is 23.1 Å². The Morgan fingerprint density at radius 1 is 1.43 bits per heavy atom. The predicted octanol–water partition coefficient (Wildman–Crippen LogP) is 3.50. The summed E-state index contributed by atoms with van der Waals surface area (Å²) < 4.78 is 29.6. The summed E-state index contributed by atoms with van der Waals surface area (Å²) in [6, 6.07) is 5.77. The smallest absolute Gasteiger partial charge is 0.387 e. The minimum Gasteiger partial charge on any atom is -0.434 e. The van der Waals surface area contributed by atoms with Gasteiger partial charge in [0.1, 0.15) is 5.75 Å². The van der Waals surface area contributed by atoms with Crippen LogP contribution in [-0.2, 0) is 0 Å². The summed E-state index contributed by atoms with van der Waals surface area (Å²) in [5.41, 5.74) is 0.0118. The third-order valence-electron chi connectivity index (χ3n) is 2.24. The highest BCUT2D eigenvalue weighted by atomic mass is 32.2. The van der Waals surface area contributed by atoms with Gasteiger partial charge in [0.2, 0.25) is 5.13 Å². The molecule has 1 amide bonds. The van der Waals surface area contributed by atoms with E-state index in [1.54, 1.807) is 6.07 Å². The Morgan fingerprint density at radius 3 is 2.90 bits per heavy atom. The van der Waals surface area contributed by atoms with Gasteiger partial charge in [-0.1, -0.05) is 42.2 Å². The van der Waals surface area contributed by atoms with Crippen molar-refractivity contribution < 1.29 is 18.3 Å². The molecular weight excluding hydrogens is 320 g/mol. The molecule has 0 aliphatic carbocycles. The van der Waals surface area contributed by atoms with Gasteiger partial charge in [0.05, 0.1) is 5.56 Å². The number of ether oxygens (including phenoxy) is 1. The standard InChI is InChI=1S/C12H11F2N3O2S2/c1-2-20-12-17-16-11(21-12)15-9(18)7-5-3-4-6-8(7)19-10(13)14/h3-6,10H,2H2,1H3,(H,15,16,18). The lowest BCUT2D eigenvalue weighted by Crippen LogP contribution is -2.14. The normalized spacial score (nSPS) is 10.7. The fourth-order valence-corrected chi connectivity index (χ4v) is 3.10. The number of alkyl halides is 2. The zero-order valence-electron chi connectivity index (χ0n) is 10.9. The summed E-state index contributed by atoms with van der Waals surface area (Å²) in [5.74, 6) is 0.0845.